The Morgan fingerprint density at radius 1 is 1.43 bits per heavy atom. The number of halogens is 1. The summed E-state index contributed by atoms with van der Waals surface area (Å²) >= 11 is 5.95. The van der Waals surface area contributed by atoms with Gasteiger partial charge >= 0.3 is 0 Å². The van der Waals surface area contributed by atoms with E-state index in [0.29, 0.717) is 17.7 Å². The predicted molar refractivity (Wildman–Crippen MR) is 58.9 cm³/mol. The Hall–Kier alpha value is 0.210. The molecule has 1 N–H and O–H groups in total. The summed E-state index contributed by atoms with van der Waals surface area (Å²) in [5.41, 5.74) is 0.294. The molecule has 2 fully saturated rings. The standard InChI is InChI=1S/C11H20ClNO/c1-14-10-4-2-3-9(7-10)13-11(8-12)5-6-11/h9-10,13H,2-8H2,1H3. The average molecular weight is 218 g/mol. The lowest BCUT2D eigenvalue weighted by molar-refractivity contribution is 0.0567. The van der Waals surface area contributed by atoms with E-state index in [4.69, 9.17) is 16.3 Å². The van der Waals surface area contributed by atoms with E-state index in [0.717, 1.165) is 12.3 Å². The molecule has 0 aromatic rings. The molecule has 0 heterocycles. The highest BCUT2D eigenvalue weighted by molar-refractivity contribution is 6.18. The zero-order chi connectivity index (χ0) is 10.0. The highest BCUT2D eigenvalue weighted by Gasteiger charge is 2.43. The van der Waals surface area contributed by atoms with Gasteiger partial charge in [-0.25, -0.2) is 0 Å². The quantitative estimate of drug-likeness (QED) is 0.730. The van der Waals surface area contributed by atoms with Crippen molar-refractivity contribution in [3.63, 3.8) is 0 Å². The van der Waals surface area contributed by atoms with Crippen LogP contribution in [-0.2, 0) is 4.74 Å². The summed E-state index contributed by atoms with van der Waals surface area (Å²) in [7, 11) is 1.82. The molecule has 2 nitrogen and oxygen atoms in total. The van der Waals surface area contributed by atoms with Gasteiger partial charge in [0.25, 0.3) is 0 Å². The first-order valence-electron chi connectivity index (χ1n) is 5.64. The number of alkyl halides is 1. The second kappa shape index (κ2) is 4.38. The van der Waals surface area contributed by atoms with Crippen molar-refractivity contribution in [3.8, 4) is 0 Å². The Morgan fingerprint density at radius 2 is 2.21 bits per heavy atom. The summed E-state index contributed by atoms with van der Waals surface area (Å²) in [4.78, 5) is 0. The average Bonchev–Trinajstić information content (AvgIpc) is 2.99. The molecule has 0 aromatic heterocycles. The highest BCUT2D eigenvalue weighted by Crippen LogP contribution is 2.38. The number of nitrogens with one attached hydrogen (secondary N) is 1. The molecule has 2 saturated carbocycles. The lowest BCUT2D eigenvalue weighted by Crippen LogP contribution is -2.45. The molecule has 2 rings (SSSR count). The van der Waals surface area contributed by atoms with Crippen molar-refractivity contribution in [1.82, 2.24) is 5.32 Å². The first-order chi connectivity index (χ1) is 6.78. The van der Waals surface area contributed by atoms with E-state index < -0.39 is 0 Å². The van der Waals surface area contributed by atoms with Gasteiger partial charge in [-0.2, -0.15) is 0 Å². The van der Waals surface area contributed by atoms with Crippen LogP contribution in [0.3, 0.4) is 0 Å². The van der Waals surface area contributed by atoms with Gasteiger partial charge in [0.2, 0.25) is 0 Å². The third-order valence-electron chi connectivity index (χ3n) is 3.58. The van der Waals surface area contributed by atoms with Crippen molar-refractivity contribution >= 4 is 11.6 Å². The highest BCUT2D eigenvalue weighted by atomic mass is 35.5. The van der Waals surface area contributed by atoms with Crippen molar-refractivity contribution in [1.29, 1.82) is 0 Å². The predicted octanol–water partition coefficient (Wildman–Crippen LogP) is 2.30. The zero-order valence-electron chi connectivity index (χ0n) is 8.89. The number of hydrogen-bond acceptors (Lipinski definition) is 2. The van der Waals surface area contributed by atoms with Gasteiger partial charge < -0.3 is 10.1 Å². The molecule has 2 aliphatic rings. The lowest BCUT2D eigenvalue weighted by Gasteiger charge is -2.31. The van der Waals surface area contributed by atoms with Crippen LogP contribution in [0.15, 0.2) is 0 Å². The van der Waals surface area contributed by atoms with Crippen LogP contribution < -0.4 is 5.32 Å². The zero-order valence-corrected chi connectivity index (χ0v) is 9.65. The van der Waals surface area contributed by atoms with E-state index in [1.54, 1.807) is 0 Å². The van der Waals surface area contributed by atoms with E-state index in [9.17, 15) is 0 Å². The number of hydrogen-bond donors (Lipinski definition) is 1. The number of ether oxygens (including phenoxy) is 1. The van der Waals surface area contributed by atoms with Gasteiger partial charge in [-0.15, -0.1) is 11.6 Å². The fourth-order valence-corrected chi connectivity index (χ4v) is 2.73. The molecule has 0 radical (unpaired) electrons. The number of methoxy groups -OCH3 is 1. The second-order valence-corrected chi connectivity index (χ2v) is 5.05. The Morgan fingerprint density at radius 3 is 2.79 bits per heavy atom. The minimum atomic E-state index is 0.294. The van der Waals surface area contributed by atoms with Gasteiger partial charge in [-0.1, -0.05) is 0 Å². The van der Waals surface area contributed by atoms with Gasteiger partial charge in [0.05, 0.1) is 6.10 Å². The van der Waals surface area contributed by atoms with Crippen LogP contribution in [0.5, 0.6) is 0 Å². The van der Waals surface area contributed by atoms with Crippen molar-refractivity contribution < 1.29 is 4.74 Å². The Labute approximate surface area is 91.3 Å². The van der Waals surface area contributed by atoms with Crippen molar-refractivity contribution in [2.24, 2.45) is 0 Å². The molecule has 82 valence electrons. The molecule has 0 amide bonds. The molecule has 3 heteroatoms. The fraction of sp³-hybridized carbons (Fsp3) is 1.00. The summed E-state index contributed by atoms with van der Waals surface area (Å²) in [5, 5.41) is 3.71. The van der Waals surface area contributed by atoms with E-state index in [-0.39, 0.29) is 0 Å². The maximum Gasteiger partial charge on any atom is 0.0586 e. The van der Waals surface area contributed by atoms with Crippen LogP contribution in [0.4, 0.5) is 0 Å². The summed E-state index contributed by atoms with van der Waals surface area (Å²) in [6.45, 7) is 0. The largest absolute Gasteiger partial charge is 0.381 e. The SMILES string of the molecule is COC1CCCC(NC2(CCl)CC2)C1. The van der Waals surface area contributed by atoms with Crippen LogP contribution in [0, 0.1) is 0 Å². The monoisotopic (exact) mass is 217 g/mol. The van der Waals surface area contributed by atoms with Crippen LogP contribution in [0.25, 0.3) is 0 Å². The Balaban J connectivity index is 1.80. The molecule has 2 unspecified atom stereocenters. The van der Waals surface area contributed by atoms with E-state index in [1.165, 1.54) is 32.1 Å². The normalized spacial score (nSPS) is 35.6. The smallest absolute Gasteiger partial charge is 0.0586 e. The minimum absolute atomic E-state index is 0.294. The number of rotatable bonds is 4. The second-order valence-electron chi connectivity index (χ2n) is 4.78. The third kappa shape index (κ3) is 2.41. The first kappa shape index (κ1) is 10.7. The first-order valence-corrected chi connectivity index (χ1v) is 6.18. The summed E-state index contributed by atoms with van der Waals surface area (Å²) in [6, 6.07) is 0.634. The maximum absolute atomic E-state index is 5.95. The molecular formula is C11H20ClNO. The summed E-state index contributed by atoms with van der Waals surface area (Å²) in [5.74, 6) is 0.765. The van der Waals surface area contributed by atoms with E-state index in [1.807, 2.05) is 7.11 Å². The minimum Gasteiger partial charge on any atom is -0.381 e. The molecule has 14 heavy (non-hydrogen) atoms. The summed E-state index contributed by atoms with van der Waals surface area (Å²) in [6.07, 6.45) is 7.94. The van der Waals surface area contributed by atoms with E-state index >= 15 is 0 Å². The molecule has 0 aromatic carbocycles. The fourth-order valence-electron chi connectivity index (χ4n) is 2.39. The summed E-state index contributed by atoms with van der Waals surface area (Å²) < 4.78 is 5.42. The van der Waals surface area contributed by atoms with Crippen LogP contribution in [0.1, 0.15) is 38.5 Å². The van der Waals surface area contributed by atoms with Crippen LogP contribution >= 0.6 is 11.6 Å². The van der Waals surface area contributed by atoms with Crippen molar-refractivity contribution in [2.45, 2.75) is 56.2 Å². The van der Waals surface area contributed by atoms with Gasteiger partial charge in [-0.3, -0.25) is 0 Å². The maximum atomic E-state index is 5.95. The molecule has 0 aliphatic heterocycles. The van der Waals surface area contributed by atoms with Crippen molar-refractivity contribution in [3.05, 3.63) is 0 Å². The molecule has 2 aliphatic carbocycles. The lowest BCUT2D eigenvalue weighted by atomic mass is 9.92. The Bertz CT molecular complexity index is 194. The molecule has 0 saturated heterocycles. The van der Waals surface area contributed by atoms with Crippen LogP contribution in [0.2, 0.25) is 0 Å². The van der Waals surface area contributed by atoms with Crippen molar-refractivity contribution in [2.75, 3.05) is 13.0 Å². The molecule has 0 spiro atoms. The molecule has 0 bridgehead atoms. The molecule has 2 atom stereocenters. The van der Waals surface area contributed by atoms with Gasteiger partial charge in [-0.05, 0) is 38.5 Å². The topological polar surface area (TPSA) is 21.3 Å². The van der Waals surface area contributed by atoms with Gasteiger partial charge in [0.1, 0.15) is 0 Å². The third-order valence-corrected chi connectivity index (χ3v) is 4.09. The Kier molecular flexibility index (Phi) is 3.35. The van der Waals surface area contributed by atoms with Crippen LogP contribution in [-0.4, -0.2) is 30.7 Å². The van der Waals surface area contributed by atoms with Gasteiger partial charge in [0, 0.05) is 24.6 Å². The van der Waals surface area contributed by atoms with E-state index in [2.05, 4.69) is 5.32 Å². The van der Waals surface area contributed by atoms with Gasteiger partial charge in [0.15, 0.2) is 0 Å². The molecular weight excluding hydrogens is 198 g/mol.